The standard InChI is InChI=1S/C11H14ClN/c1-3-11(2)7-6-8-4-5-9(12)13-10(8)11/h4-5H,3,6-7H2,1-2H3/t11-/m0/s1. The first-order valence-electron chi connectivity index (χ1n) is 4.81. The van der Waals surface area contributed by atoms with E-state index >= 15 is 0 Å². The summed E-state index contributed by atoms with van der Waals surface area (Å²) in [6.45, 7) is 4.50. The highest BCUT2D eigenvalue weighted by Crippen LogP contribution is 2.40. The fourth-order valence-corrected chi connectivity index (χ4v) is 2.21. The van der Waals surface area contributed by atoms with E-state index in [4.69, 9.17) is 11.6 Å². The van der Waals surface area contributed by atoms with Crippen LogP contribution in [-0.2, 0) is 11.8 Å². The number of fused-ring (bicyclic) bond motifs is 1. The third-order valence-electron chi connectivity index (χ3n) is 3.24. The monoisotopic (exact) mass is 195 g/mol. The van der Waals surface area contributed by atoms with Crippen molar-refractivity contribution < 1.29 is 0 Å². The zero-order chi connectivity index (χ0) is 9.47. The Morgan fingerprint density at radius 2 is 2.31 bits per heavy atom. The van der Waals surface area contributed by atoms with Gasteiger partial charge in [0.25, 0.3) is 0 Å². The number of halogens is 1. The van der Waals surface area contributed by atoms with Gasteiger partial charge in [0.1, 0.15) is 5.15 Å². The molecule has 0 bridgehead atoms. The Balaban J connectivity index is 2.52. The van der Waals surface area contributed by atoms with Crippen molar-refractivity contribution in [2.45, 2.75) is 38.5 Å². The third-order valence-corrected chi connectivity index (χ3v) is 3.45. The molecule has 0 radical (unpaired) electrons. The summed E-state index contributed by atoms with van der Waals surface area (Å²) in [7, 11) is 0. The Labute approximate surface area is 84.1 Å². The van der Waals surface area contributed by atoms with Crippen LogP contribution in [0, 0.1) is 0 Å². The molecule has 2 rings (SSSR count). The van der Waals surface area contributed by atoms with E-state index in [9.17, 15) is 0 Å². The van der Waals surface area contributed by atoms with Crippen LogP contribution in [0.15, 0.2) is 12.1 Å². The largest absolute Gasteiger partial charge is 0.240 e. The van der Waals surface area contributed by atoms with Crippen molar-refractivity contribution in [1.82, 2.24) is 4.98 Å². The molecule has 1 aromatic rings. The average Bonchev–Trinajstić information content (AvgIpc) is 2.45. The molecule has 1 aliphatic rings. The zero-order valence-corrected chi connectivity index (χ0v) is 8.86. The second-order valence-electron chi connectivity index (χ2n) is 4.06. The van der Waals surface area contributed by atoms with E-state index in [1.807, 2.05) is 6.07 Å². The van der Waals surface area contributed by atoms with Crippen LogP contribution in [0.2, 0.25) is 5.15 Å². The van der Waals surface area contributed by atoms with Gasteiger partial charge >= 0.3 is 0 Å². The van der Waals surface area contributed by atoms with Crippen LogP contribution < -0.4 is 0 Å². The SMILES string of the molecule is CC[C@@]1(C)CCc2ccc(Cl)nc21. The van der Waals surface area contributed by atoms with E-state index < -0.39 is 0 Å². The molecule has 0 N–H and O–H groups in total. The van der Waals surface area contributed by atoms with Gasteiger partial charge in [0.05, 0.1) is 5.69 Å². The van der Waals surface area contributed by atoms with Gasteiger partial charge in [-0.25, -0.2) is 4.98 Å². The molecular weight excluding hydrogens is 182 g/mol. The van der Waals surface area contributed by atoms with Crippen molar-refractivity contribution in [2.24, 2.45) is 0 Å². The van der Waals surface area contributed by atoms with Crippen molar-refractivity contribution in [3.63, 3.8) is 0 Å². The lowest BCUT2D eigenvalue weighted by molar-refractivity contribution is 0.442. The van der Waals surface area contributed by atoms with Crippen molar-refractivity contribution in [3.8, 4) is 0 Å². The molecule has 1 nitrogen and oxygen atoms in total. The quantitative estimate of drug-likeness (QED) is 0.627. The summed E-state index contributed by atoms with van der Waals surface area (Å²) in [5.74, 6) is 0. The predicted molar refractivity (Wildman–Crippen MR) is 55.2 cm³/mol. The van der Waals surface area contributed by atoms with Gasteiger partial charge in [0.15, 0.2) is 0 Å². The maximum atomic E-state index is 5.90. The van der Waals surface area contributed by atoms with Crippen LogP contribution in [0.25, 0.3) is 0 Å². The van der Waals surface area contributed by atoms with E-state index in [0.717, 1.165) is 12.8 Å². The molecule has 1 aliphatic carbocycles. The normalized spacial score (nSPS) is 26.1. The smallest absolute Gasteiger partial charge is 0.129 e. The molecule has 0 fully saturated rings. The topological polar surface area (TPSA) is 12.9 Å². The highest BCUT2D eigenvalue weighted by molar-refractivity contribution is 6.29. The lowest BCUT2D eigenvalue weighted by atomic mass is 9.85. The average molecular weight is 196 g/mol. The van der Waals surface area contributed by atoms with Crippen molar-refractivity contribution >= 4 is 11.6 Å². The van der Waals surface area contributed by atoms with E-state index in [1.165, 1.54) is 17.7 Å². The Morgan fingerprint density at radius 1 is 1.54 bits per heavy atom. The van der Waals surface area contributed by atoms with Crippen LogP contribution in [0.4, 0.5) is 0 Å². The fourth-order valence-electron chi connectivity index (χ4n) is 2.06. The number of hydrogen-bond donors (Lipinski definition) is 0. The molecule has 0 aliphatic heterocycles. The lowest BCUT2D eigenvalue weighted by Crippen LogP contribution is -2.17. The summed E-state index contributed by atoms with van der Waals surface area (Å²) in [6, 6.07) is 4.01. The Hall–Kier alpha value is -0.560. The second kappa shape index (κ2) is 2.98. The molecule has 1 aromatic heterocycles. The second-order valence-corrected chi connectivity index (χ2v) is 4.44. The molecule has 70 valence electrons. The molecule has 0 amide bonds. The van der Waals surface area contributed by atoms with E-state index in [-0.39, 0.29) is 5.41 Å². The molecule has 1 atom stereocenters. The van der Waals surface area contributed by atoms with Gasteiger partial charge in [0.2, 0.25) is 0 Å². The number of hydrogen-bond acceptors (Lipinski definition) is 1. The van der Waals surface area contributed by atoms with Crippen LogP contribution >= 0.6 is 11.6 Å². The Kier molecular flexibility index (Phi) is 2.07. The molecule has 2 heteroatoms. The summed E-state index contributed by atoms with van der Waals surface area (Å²) in [6.07, 6.45) is 3.52. The van der Waals surface area contributed by atoms with E-state index in [1.54, 1.807) is 0 Å². The highest BCUT2D eigenvalue weighted by atomic mass is 35.5. The third kappa shape index (κ3) is 1.35. The molecule has 13 heavy (non-hydrogen) atoms. The fraction of sp³-hybridized carbons (Fsp3) is 0.545. The number of pyridine rings is 1. The van der Waals surface area contributed by atoms with Crippen molar-refractivity contribution in [3.05, 3.63) is 28.5 Å². The summed E-state index contributed by atoms with van der Waals surface area (Å²) in [4.78, 5) is 4.44. The van der Waals surface area contributed by atoms with Gasteiger partial charge in [-0.15, -0.1) is 0 Å². The number of rotatable bonds is 1. The number of aryl methyl sites for hydroxylation is 1. The Bertz CT molecular complexity index is 335. The first-order valence-corrected chi connectivity index (χ1v) is 5.19. The van der Waals surface area contributed by atoms with Crippen LogP contribution in [0.5, 0.6) is 0 Å². The summed E-state index contributed by atoms with van der Waals surface area (Å²) < 4.78 is 0. The number of nitrogens with zero attached hydrogens (tertiary/aromatic N) is 1. The minimum absolute atomic E-state index is 0.264. The molecule has 0 unspecified atom stereocenters. The molecule has 0 saturated carbocycles. The molecule has 1 heterocycles. The van der Waals surface area contributed by atoms with Crippen molar-refractivity contribution in [2.75, 3.05) is 0 Å². The molecule has 0 saturated heterocycles. The zero-order valence-electron chi connectivity index (χ0n) is 8.10. The van der Waals surface area contributed by atoms with Gasteiger partial charge in [-0.1, -0.05) is 31.5 Å². The van der Waals surface area contributed by atoms with Crippen molar-refractivity contribution in [1.29, 1.82) is 0 Å². The van der Waals surface area contributed by atoms with Crippen LogP contribution in [0.3, 0.4) is 0 Å². The van der Waals surface area contributed by atoms with E-state index in [2.05, 4.69) is 24.9 Å². The summed E-state index contributed by atoms with van der Waals surface area (Å²) in [5.41, 5.74) is 2.87. The van der Waals surface area contributed by atoms with Gasteiger partial charge in [0, 0.05) is 5.41 Å². The van der Waals surface area contributed by atoms with Crippen LogP contribution in [0.1, 0.15) is 37.9 Å². The van der Waals surface area contributed by atoms with Crippen LogP contribution in [-0.4, -0.2) is 4.98 Å². The van der Waals surface area contributed by atoms with Gasteiger partial charge in [-0.3, -0.25) is 0 Å². The molecular formula is C11H14ClN. The first-order chi connectivity index (χ1) is 6.15. The first kappa shape index (κ1) is 9.01. The predicted octanol–water partition coefficient (Wildman–Crippen LogP) is 3.35. The summed E-state index contributed by atoms with van der Waals surface area (Å²) in [5, 5.41) is 0.625. The molecule has 0 spiro atoms. The van der Waals surface area contributed by atoms with Gasteiger partial charge < -0.3 is 0 Å². The molecule has 0 aromatic carbocycles. The maximum Gasteiger partial charge on any atom is 0.129 e. The minimum atomic E-state index is 0.264. The summed E-state index contributed by atoms with van der Waals surface area (Å²) >= 11 is 5.90. The van der Waals surface area contributed by atoms with Gasteiger partial charge in [-0.2, -0.15) is 0 Å². The van der Waals surface area contributed by atoms with E-state index in [0.29, 0.717) is 5.15 Å². The maximum absolute atomic E-state index is 5.90. The minimum Gasteiger partial charge on any atom is -0.240 e. The van der Waals surface area contributed by atoms with Gasteiger partial charge in [-0.05, 0) is 30.9 Å². The Morgan fingerprint density at radius 3 is 3.00 bits per heavy atom. The lowest BCUT2D eigenvalue weighted by Gasteiger charge is -2.21. The highest BCUT2D eigenvalue weighted by Gasteiger charge is 2.34. The number of aromatic nitrogens is 1.